The number of aryl methyl sites for hydroxylation is 3. The highest BCUT2D eigenvalue weighted by molar-refractivity contribution is 7.22. The molecule has 8 heteroatoms. The lowest BCUT2D eigenvalue weighted by Gasteiger charge is -2.13. The molecule has 0 aliphatic rings. The average Bonchev–Trinajstić information content (AvgIpc) is 3.06. The Morgan fingerprint density at radius 1 is 1.21 bits per heavy atom. The van der Waals surface area contributed by atoms with E-state index in [0.717, 1.165) is 38.3 Å². The molecule has 152 valence electrons. The van der Waals surface area contributed by atoms with E-state index in [1.165, 1.54) is 11.3 Å². The molecule has 0 radical (unpaired) electrons. The number of aromatic nitrogens is 1. The van der Waals surface area contributed by atoms with E-state index >= 15 is 0 Å². The zero-order chi connectivity index (χ0) is 21.1. The number of rotatable bonds is 6. The minimum Gasteiger partial charge on any atom is -0.483 e. The second-order valence-corrected chi connectivity index (χ2v) is 8.41. The van der Waals surface area contributed by atoms with Crippen molar-refractivity contribution >= 4 is 55.6 Å². The summed E-state index contributed by atoms with van der Waals surface area (Å²) in [5, 5.41) is 8.52. The summed E-state index contributed by atoms with van der Waals surface area (Å²) < 4.78 is 6.65. The number of carbonyl (C=O) groups excluding carboxylic acids is 1. The van der Waals surface area contributed by atoms with E-state index in [-0.39, 0.29) is 12.5 Å². The minimum atomic E-state index is -0.223. The largest absolute Gasteiger partial charge is 0.483 e. The van der Waals surface area contributed by atoms with Gasteiger partial charge in [-0.3, -0.25) is 10.2 Å². The summed E-state index contributed by atoms with van der Waals surface area (Å²) in [7, 11) is 0. The van der Waals surface area contributed by atoms with Gasteiger partial charge in [0.25, 0.3) is 5.91 Å². The maximum absolute atomic E-state index is 12.5. The third kappa shape index (κ3) is 5.05. The van der Waals surface area contributed by atoms with Crippen molar-refractivity contribution in [3.05, 3.63) is 46.0 Å². The van der Waals surface area contributed by atoms with Gasteiger partial charge in [0, 0.05) is 16.4 Å². The molecule has 1 aromatic heterocycles. The van der Waals surface area contributed by atoms with Gasteiger partial charge >= 0.3 is 0 Å². The van der Waals surface area contributed by atoms with Gasteiger partial charge in [-0.15, -0.1) is 0 Å². The molecule has 3 aromatic rings. The zero-order valence-electron chi connectivity index (χ0n) is 17.0. The van der Waals surface area contributed by atoms with E-state index < -0.39 is 0 Å². The number of hydrazone groups is 1. The number of hydrogen-bond donors (Lipinski definition) is 2. The van der Waals surface area contributed by atoms with Gasteiger partial charge < -0.3 is 10.1 Å². The fourth-order valence-corrected chi connectivity index (χ4v) is 4.00. The average molecular weight is 431 g/mol. The van der Waals surface area contributed by atoms with Crippen molar-refractivity contribution in [1.82, 2.24) is 4.98 Å². The number of amides is 1. The van der Waals surface area contributed by atoms with E-state index in [0.29, 0.717) is 15.9 Å². The van der Waals surface area contributed by atoms with Gasteiger partial charge in [-0.05, 0) is 75.6 Å². The highest BCUT2D eigenvalue weighted by atomic mass is 35.5. The summed E-state index contributed by atoms with van der Waals surface area (Å²) in [5.41, 5.74) is 8.34. The molecular formula is C21H23ClN4O2S. The molecule has 0 spiro atoms. The number of thiazole rings is 1. The molecule has 3 rings (SSSR count). The number of fused-ring (bicyclic) bond motifs is 1. The summed E-state index contributed by atoms with van der Waals surface area (Å²) in [4.78, 5) is 17.1. The van der Waals surface area contributed by atoms with Crippen molar-refractivity contribution in [2.24, 2.45) is 5.10 Å². The molecule has 1 amide bonds. The Bertz CT molecular complexity index is 1100. The van der Waals surface area contributed by atoms with Crippen molar-refractivity contribution in [2.75, 3.05) is 17.3 Å². The zero-order valence-corrected chi connectivity index (χ0v) is 18.6. The van der Waals surface area contributed by atoms with Gasteiger partial charge in [0.1, 0.15) is 5.75 Å². The van der Waals surface area contributed by atoms with Crippen LogP contribution in [-0.4, -0.2) is 23.2 Å². The molecule has 0 aliphatic heterocycles. The summed E-state index contributed by atoms with van der Waals surface area (Å²) in [6.45, 7) is 9.56. The van der Waals surface area contributed by atoms with Crippen molar-refractivity contribution in [3.8, 4) is 5.75 Å². The quantitative estimate of drug-likeness (QED) is 0.388. The summed E-state index contributed by atoms with van der Waals surface area (Å²) in [6, 6.07) is 7.27. The number of hydrogen-bond acceptors (Lipinski definition) is 6. The first-order valence-corrected chi connectivity index (χ1v) is 10.3. The molecule has 0 saturated carbocycles. The van der Waals surface area contributed by atoms with Crippen LogP contribution >= 0.6 is 22.9 Å². The molecule has 0 atom stereocenters. The van der Waals surface area contributed by atoms with Crippen molar-refractivity contribution in [2.45, 2.75) is 34.6 Å². The predicted molar refractivity (Wildman–Crippen MR) is 122 cm³/mol. The molecule has 1 heterocycles. The molecule has 0 saturated heterocycles. The lowest BCUT2D eigenvalue weighted by molar-refractivity contribution is -0.118. The van der Waals surface area contributed by atoms with Crippen LogP contribution in [0.3, 0.4) is 0 Å². The first kappa shape index (κ1) is 21.1. The first-order chi connectivity index (χ1) is 13.7. The summed E-state index contributed by atoms with van der Waals surface area (Å²) >= 11 is 7.46. The number of halogens is 1. The third-order valence-corrected chi connectivity index (χ3v) is 5.58. The maximum atomic E-state index is 12.5. The van der Waals surface area contributed by atoms with Crippen LogP contribution in [0.5, 0.6) is 5.75 Å². The summed E-state index contributed by atoms with van der Waals surface area (Å²) in [5.74, 6) is 0.414. The van der Waals surface area contributed by atoms with Crippen molar-refractivity contribution < 1.29 is 9.53 Å². The highest BCUT2D eigenvalue weighted by Crippen LogP contribution is 2.35. The molecule has 0 aliphatic carbocycles. The van der Waals surface area contributed by atoms with Gasteiger partial charge in [-0.1, -0.05) is 22.9 Å². The number of benzene rings is 2. The monoisotopic (exact) mass is 430 g/mol. The molecule has 0 fully saturated rings. The fraction of sp³-hybridized carbons (Fsp3) is 0.286. The first-order valence-electron chi connectivity index (χ1n) is 9.11. The number of nitrogens with zero attached hydrogens (tertiary/aromatic N) is 2. The van der Waals surface area contributed by atoms with Gasteiger partial charge in [-0.25, -0.2) is 4.98 Å². The van der Waals surface area contributed by atoms with Crippen molar-refractivity contribution in [1.29, 1.82) is 0 Å². The van der Waals surface area contributed by atoms with E-state index in [1.807, 2.05) is 40.7 Å². The smallest absolute Gasteiger partial charge is 0.262 e. The van der Waals surface area contributed by atoms with Crippen LogP contribution in [0.2, 0.25) is 5.02 Å². The highest BCUT2D eigenvalue weighted by Gasteiger charge is 2.15. The number of ether oxygens (including phenoxy) is 1. The Labute approximate surface area is 178 Å². The Hall–Kier alpha value is -2.64. The Morgan fingerprint density at radius 2 is 1.97 bits per heavy atom. The molecule has 2 N–H and O–H groups in total. The Kier molecular flexibility index (Phi) is 6.39. The van der Waals surface area contributed by atoms with E-state index in [9.17, 15) is 4.79 Å². The lowest BCUT2D eigenvalue weighted by atomic mass is 10.1. The normalized spacial score (nSPS) is 10.7. The van der Waals surface area contributed by atoms with Crippen LogP contribution in [0.25, 0.3) is 10.2 Å². The second-order valence-electron chi connectivity index (χ2n) is 6.98. The van der Waals surface area contributed by atoms with Gasteiger partial charge in [0.15, 0.2) is 6.61 Å². The van der Waals surface area contributed by atoms with Crippen LogP contribution in [0.4, 0.5) is 10.8 Å². The third-order valence-electron chi connectivity index (χ3n) is 4.25. The SMILES string of the molecule is CC(C)=NNc1nc2cc(C)c(NC(=O)COc3ccc(Cl)cc3C)c(C)c2s1. The topological polar surface area (TPSA) is 75.6 Å². The standard InChI is InChI=1S/C21H23ClN4O2S/c1-11(2)25-26-21-23-16-9-13(4)19(14(5)20(16)29-21)24-18(27)10-28-17-7-6-15(22)8-12(17)3/h6-9H,10H2,1-5H3,(H,23,26)(H,24,27). The van der Waals surface area contributed by atoms with Gasteiger partial charge in [0.2, 0.25) is 5.13 Å². The molecular weight excluding hydrogens is 408 g/mol. The van der Waals surface area contributed by atoms with Crippen LogP contribution < -0.4 is 15.5 Å². The van der Waals surface area contributed by atoms with Crippen LogP contribution in [-0.2, 0) is 4.79 Å². The van der Waals surface area contributed by atoms with Crippen LogP contribution in [0.15, 0.2) is 29.4 Å². The van der Waals surface area contributed by atoms with E-state index in [4.69, 9.17) is 16.3 Å². The Balaban J connectivity index is 1.76. The molecule has 6 nitrogen and oxygen atoms in total. The predicted octanol–water partition coefficient (Wildman–Crippen LogP) is 5.70. The second kappa shape index (κ2) is 8.80. The summed E-state index contributed by atoms with van der Waals surface area (Å²) in [6.07, 6.45) is 0. The molecule has 29 heavy (non-hydrogen) atoms. The number of anilines is 2. The van der Waals surface area contributed by atoms with E-state index in [2.05, 4.69) is 20.8 Å². The fourth-order valence-electron chi connectivity index (χ4n) is 2.88. The number of carbonyl (C=O) groups is 1. The molecule has 0 unspecified atom stereocenters. The van der Waals surface area contributed by atoms with E-state index in [1.54, 1.807) is 18.2 Å². The van der Waals surface area contributed by atoms with Crippen LogP contribution in [0, 0.1) is 20.8 Å². The maximum Gasteiger partial charge on any atom is 0.262 e. The molecule has 2 aromatic carbocycles. The minimum absolute atomic E-state index is 0.0840. The van der Waals surface area contributed by atoms with Crippen LogP contribution in [0.1, 0.15) is 30.5 Å². The van der Waals surface area contributed by atoms with Gasteiger partial charge in [-0.2, -0.15) is 5.10 Å². The van der Waals surface area contributed by atoms with Crippen molar-refractivity contribution in [3.63, 3.8) is 0 Å². The lowest BCUT2D eigenvalue weighted by Crippen LogP contribution is -2.21. The Morgan fingerprint density at radius 3 is 2.66 bits per heavy atom. The van der Waals surface area contributed by atoms with Gasteiger partial charge in [0.05, 0.1) is 10.2 Å². The molecule has 0 bridgehead atoms. The number of nitrogens with one attached hydrogen (secondary N) is 2.